The first-order valence-electron chi connectivity index (χ1n) is 17.5. The molecule has 0 heterocycles. The zero-order valence-corrected chi connectivity index (χ0v) is 43.2. The van der Waals surface area contributed by atoms with Crippen LogP contribution in [0.4, 0.5) is 0 Å². The van der Waals surface area contributed by atoms with Crippen molar-refractivity contribution in [2.75, 3.05) is 0 Å². The molecule has 5 heteroatoms. The fraction of sp³-hybridized carbons (Fsp3) is 0. The maximum Gasteiger partial charge on any atom is 4.00 e. The van der Waals surface area contributed by atoms with Gasteiger partial charge in [0.1, 0.15) is 0 Å². The van der Waals surface area contributed by atoms with Crippen LogP contribution in [0.3, 0.4) is 0 Å². The van der Waals surface area contributed by atoms with Crippen molar-refractivity contribution in [1.82, 2.24) is 0 Å². The van der Waals surface area contributed by atoms with Gasteiger partial charge in [-0.15, -0.1) is 0 Å². The predicted molar refractivity (Wildman–Crippen MR) is 279 cm³/mol. The molecule has 0 aliphatic rings. The summed E-state index contributed by atoms with van der Waals surface area (Å²) in [6.45, 7) is 0. The molecule has 0 saturated carbocycles. The molecule has 6 rings (SSSR count). The minimum absolute atomic E-state index is 0. The van der Waals surface area contributed by atoms with Gasteiger partial charge in [-0.05, 0) is 69.8 Å². The van der Waals surface area contributed by atoms with Crippen molar-refractivity contribution in [2.24, 2.45) is 0 Å². The Morgan fingerprint density at radius 3 is 0.438 bits per heavy atom. The zero-order chi connectivity index (χ0) is 37.9. The summed E-state index contributed by atoms with van der Waals surface area (Å²) in [6.07, 6.45) is 20.4. The second kappa shape index (κ2) is 45.2. The number of benzene rings is 6. The summed E-state index contributed by atoms with van der Waals surface area (Å²) in [4.78, 5) is 34.8. The molecule has 0 atom stereocenters. The van der Waals surface area contributed by atoms with E-state index >= 15 is 0 Å². The second-order valence-electron chi connectivity index (χ2n) is 11.7. The zero-order valence-electron chi connectivity index (χ0n) is 38.6. The van der Waals surface area contributed by atoms with Gasteiger partial charge in [0.15, 0.2) is 17.3 Å². The number of hydrogen-bond donors (Lipinski definition) is 0. The van der Waals surface area contributed by atoms with Gasteiger partial charge < -0.3 is 59.4 Å². The number of ketones is 3. The van der Waals surface area contributed by atoms with Crippen molar-refractivity contribution < 1.29 is 56.5 Å². The Hall–Kier alpha value is -5.85. The molecule has 340 valence electrons. The molecule has 6 aromatic carbocycles. The summed E-state index contributed by atoms with van der Waals surface area (Å²) >= 11 is 0. The maximum atomic E-state index is 11.6. The van der Waals surface area contributed by atoms with E-state index in [1.54, 1.807) is 36.5 Å². The Balaban J connectivity index is -0.000000141. The molecule has 0 radical (unpaired) electrons. The van der Waals surface area contributed by atoms with Crippen LogP contribution in [0.5, 0.6) is 0 Å². The first kappa shape index (κ1) is 72.6. The van der Waals surface area contributed by atoms with E-state index in [0.717, 1.165) is 33.4 Å². The van der Waals surface area contributed by atoms with E-state index < -0.39 is 0 Å². The minimum atomic E-state index is -0.0114. The molecular formula is C59H66O3Pt2. The molecule has 0 N–H and O–H groups in total. The van der Waals surface area contributed by atoms with Gasteiger partial charge >= 0.3 is 42.1 Å². The number of carbonyl (C=O) groups is 3. The molecule has 0 unspecified atom stereocenters. The van der Waals surface area contributed by atoms with Gasteiger partial charge in [0.2, 0.25) is 0 Å². The van der Waals surface area contributed by atoms with Crippen LogP contribution >= 0.6 is 0 Å². The van der Waals surface area contributed by atoms with Gasteiger partial charge in [0, 0.05) is 0 Å². The average molecular weight is 1210 g/mol. The first-order valence-corrected chi connectivity index (χ1v) is 17.5. The topological polar surface area (TPSA) is 51.2 Å². The quantitative estimate of drug-likeness (QED) is 0.0906. The Labute approximate surface area is 418 Å². The van der Waals surface area contributed by atoms with E-state index in [0.29, 0.717) is 0 Å². The van der Waals surface area contributed by atoms with Crippen LogP contribution in [0.1, 0.15) is 33.4 Å². The molecule has 0 saturated heterocycles. The van der Waals surface area contributed by atoms with Crippen LogP contribution in [0.15, 0.2) is 218 Å². The maximum absolute atomic E-state index is 11.6. The monoisotopic (exact) mass is 1210 g/mol. The van der Waals surface area contributed by atoms with Crippen molar-refractivity contribution in [3.8, 4) is 0 Å². The molecule has 0 spiro atoms. The molecule has 64 heavy (non-hydrogen) atoms. The second-order valence-corrected chi connectivity index (χ2v) is 11.7. The molecule has 0 amide bonds. The van der Waals surface area contributed by atoms with Crippen molar-refractivity contribution in [2.45, 2.75) is 0 Å². The van der Waals surface area contributed by atoms with Crippen molar-refractivity contribution in [3.05, 3.63) is 311 Å². The van der Waals surface area contributed by atoms with Crippen LogP contribution in [-0.2, 0) is 56.5 Å². The van der Waals surface area contributed by atoms with Crippen molar-refractivity contribution >= 4 is 53.8 Å². The third-order valence-electron chi connectivity index (χ3n) is 7.44. The molecule has 0 aliphatic heterocycles. The summed E-state index contributed by atoms with van der Waals surface area (Å²) in [5.41, 5.74) is 6.16. The third kappa shape index (κ3) is 32.8. The molecule has 0 fully saturated rings. The van der Waals surface area contributed by atoms with E-state index in [4.69, 9.17) is 0 Å². The fourth-order valence-electron chi connectivity index (χ4n) is 4.62. The number of rotatable bonds is 12. The molecular weight excluding hydrogens is 1150 g/mol. The Kier molecular flexibility index (Phi) is 51.2. The fourth-order valence-corrected chi connectivity index (χ4v) is 4.62. The first-order chi connectivity index (χ1) is 26.5. The van der Waals surface area contributed by atoms with Gasteiger partial charge in [0.05, 0.1) is 0 Å². The van der Waals surface area contributed by atoms with Crippen LogP contribution < -0.4 is 0 Å². The molecule has 6 aromatic rings. The van der Waals surface area contributed by atoms with Crippen LogP contribution in [0.25, 0.3) is 36.5 Å². The van der Waals surface area contributed by atoms with Gasteiger partial charge in [-0.25, -0.2) is 0 Å². The average Bonchev–Trinajstić information content (AvgIpc) is 3.24. The standard InChI is InChI=1S/3C17H14O.8CH3.2Pt/c3*18-17(13-11-15-7-3-1-4-8-15)14-12-16-9-5-2-6-10-16;;;;;;;;;;/h3*1-14H;8*1H3;;/q;;;8*-1;2*+4/b3*13-11+,14-12+;;;;;;;;;;. The SMILES string of the molecule is O=C(/C=C/c1ccccc1)/C=C/c1ccccc1.O=C(/C=C/c1ccccc1)/C=C/c1ccccc1.O=C(/C=C/c1ccccc1)/C=C/c1ccccc1.[CH3-].[CH3-].[CH3-].[CH3-].[CH3-].[CH3-].[CH3-].[CH3-].[Pt+4].[Pt+4]. The predicted octanol–water partition coefficient (Wildman–Crippen LogP) is 15.5. The van der Waals surface area contributed by atoms with E-state index in [2.05, 4.69) is 0 Å². The number of hydrogen-bond acceptors (Lipinski definition) is 3. The van der Waals surface area contributed by atoms with Crippen LogP contribution in [0.2, 0.25) is 0 Å². The van der Waals surface area contributed by atoms with Crippen molar-refractivity contribution in [3.63, 3.8) is 0 Å². The Morgan fingerprint density at radius 2 is 0.328 bits per heavy atom. The van der Waals surface area contributed by atoms with Gasteiger partial charge in [0.25, 0.3) is 0 Å². The summed E-state index contributed by atoms with van der Waals surface area (Å²) in [7, 11) is 0. The minimum Gasteiger partial charge on any atom is -0.358 e. The summed E-state index contributed by atoms with van der Waals surface area (Å²) in [5, 5.41) is 0. The van der Waals surface area contributed by atoms with E-state index in [9.17, 15) is 14.4 Å². The normalized spacial score (nSPS) is 9.38. The van der Waals surface area contributed by atoms with E-state index in [1.165, 1.54) is 0 Å². The van der Waals surface area contributed by atoms with Crippen LogP contribution in [-0.4, -0.2) is 17.3 Å². The van der Waals surface area contributed by atoms with E-state index in [1.807, 2.05) is 218 Å². The van der Waals surface area contributed by atoms with Crippen molar-refractivity contribution in [1.29, 1.82) is 0 Å². The Bertz CT molecular complexity index is 1770. The van der Waals surface area contributed by atoms with Crippen LogP contribution in [0, 0.1) is 59.4 Å². The number of carbonyl (C=O) groups excluding carboxylic acids is 3. The number of allylic oxidation sites excluding steroid dienone is 6. The summed E-state index contributed by atoms with van der Waals surface area (Å²) in [5.74, 6) is -0.0341. The summed E-state index contributed by atoms with van der Waals surface area (Å²) in [6, 6.07) is 58.7. The molecule has 0 bridgehead atoms. The Morgan fingerprint density at radius 1 is 0.219 bits per heavy atom. The molecule has 3 nitrogen and oxygen atoms in total. The smallest absolute Gasteiger partial charge is 0.358 e. The largest absolute Gasteiger partial charge is 4.00 e. The molecule has 0 aromatic heterocycles. The van der Waals surface area contributed by atoms with Gasteiger partial charge in [-0.1, -0.05) is 218 Å². The van der Waals surface area contributed by atoms with E-state index in [-0.39, 0.29) is 119 Å². The van der Waals surface area contributed by atoms with Gasteiger partial charge in [-0.3, -0.25) is 14.4 Å². The summed E-state index contributed by atoms with van der Waals surface area (Å²) < 4.78 is 0. The molecule has 0 aliphatic carbocycles. The third-order valence-corrected chi connectivity index (χ3v) is 7.44. The van der Waals surface area contributed by atoms with Gasteiger partial charge in [-0.2, -0.15) is 0 Å².